The SMILES string of the molecule is CCCCCCC(CCCCC)SC(SC(CCCCC)CCCCCC)C(SC(CCCCC)CCCCCC)(SC(CCCCC)CCCCCC)C(=O)O.OCC(CO)(CO)CO. The van der Waals surface area contributed by atoms with E-state index in [9.17, 15) is 9.90 Å². The lowest BCUT2D eigenvalue weighted by atomic mass is 9.93. The van der Waals surface area contributed by atoms with Crippen LogP contribution in [0.25, 0.3) is 0 Å². The van der Waals surface area contributed by atoms with Crippen LogP contribution in [0, 0.1) is 5.41 Å². The van der Waals surface area contributed by atoms with Crippen molar-refractivity contribution in [1.82, 2.24) is 0 Å². The highest BCUT2D eigenvalue weighted by molar-refractivity contribution is 8.25. The van der Waals surface area contributed by atoms with Crippen molar-refractivity contribution in [3.8, 4) is 0 Å². The van der Waals surface area contributed by atoms with Crippen LogP contribution in [0.2, 0.25) is 0 Å². The number of carboxylic acid groups (broad SMARTS) is 1. The number of carboxylic acids is 1. The Morgan fingerprint density at radius 3 is 0.758 bits per heavy atom. The van der Waals surface area contributed by atoms with Gasteiger partial charge in [-0.25, -0.2) is 4.79 Å². The van der Waals surface area contributed by atoms with Gasteiger partial charge in [0.2, 0.25) is 0 Å². The molecule has 0 spiro atoms. The molecule has 0 heterocycles. The van der Waals surface area contributed by atoms with E-state index in [2.05, 4.69) is 78.9 Å². The van der Waals surface area contributed by atoms with Gasteiger partial charge < -0.3 is 25.5 Å². The standard InChI is InChI=1S/C51H102O2S4.C5H12O4/c1-9-17-25-33-39-45(37-29-21-13-5)54-50(55-46(38-30-22-14-6)40-34-26-18-10-2)51(49(52)53,56-47(41-31-23-15-7)43-35-27-19-11-3)57-48(42-32-24-16-8)44-36-28-20-12-4;6-1-5(2-7,3-8)4-9/h45-48,50H,9-44H2,1-8H3,(H,52,53);6-9H,1-4H2. The summed E-state index contributed by atoms with van der Waals surface area (Å²) in [6.45, 7) is 17.0. The smallest absolute Gasteiger partial charge is 0.332 e. The van der Waals surface area contributed by atoms with E-state index in [0.717, 1.165) is 0 Å². The van der Waals surface area contributed by atoms with Crippen molar-refractivity contribution < 1.29 is 30.3 Å². The van der Waals surface area contributed by atoms with Crippen molar-refractivity contribution in [1.29, 1.82) is 0 Å². The number of thioether (sulfide) groups is 4. The normalized spacial score (nSPS) is 15.2. The molecule has 0 rings (SSSR count). The fourth-order valence-electron chi connectivity index (χ4n) is 8.46. The molecule has 0 aliphatic heterocycles. The molecule has 0 fully saturated rings. The summed E-state index contributed by atoms with van der Waals surface area (Å²) in [5.41, 5.74) is -1.11. The summed E-state index contributed by atoms with van der Waals surface area (Å²) in [7, 11) is 0. The Balaban J connectivity index is 0. The molecule has 5 N–H and O–H groups in total. The third kappa shape index (κ3) is 34.9. The van der Waals surface area contributed by atoms with E-state index in [0.29, 0.717) is 21.0 Å². The summed E-state index contributed by atoms with van der Waals surface area (Å²) in [5, 5.41) is 48.1. The lowest BCUT2D eigenvalue weighted by Gasteiger charge is -2.42. The van der Waals surface area contributed by atoms with Gasteiger partial charge in [-0.15, -0.1) is 47.0 Å². The average molecular weight is 1010 g/mol. The van der Waals surface area contributed by atoms with Gasteiger partial charge in [0.25, 0.3) is 0 Å². The summed E-state index contributed by atoms with van der Waals surface area (Å²) in [4.78, 5) is 14.8. The maximum atomic E-state index is 14.8. The van der Waals surface area contributed by atoms with Crippen molar-refractivity contribution in [3.05, 3.63) is 0 Å². The molecule has 398 valence electrons. The van der Waals surface area contributed by atoms with Gasteiger partial charge in [-0.3, -0.25) is 0 Å². The first-order chi connectivity index (χ1) is 32.1. The molecule has 0 aromatic heterocycles. The molecule has 0 aliphatic carbocycles. The minimum absolute atomic E-state index is 0.0641. The number of carbonyl (C=O) groups is 1. The number of hydrogen-bond donors (Lipinski definition) is 5. The molecule has 0 saturated carbocycles. The molecule has 66 heavy (non-hydrogen) atoms. The van der Waals surface area contributed by atoms with Gasteiger partial charge in [0.1, 0.15) is 0 Å². The molecule has 0 aliphatic rings. The predicted molar refractivity (Wildman–Crippen MR) is 302 cm³/mol. The van der Waals surface area contributed by atoms with Gasteiger partial charge in [0.05, 0.1) is 36.4 Å². The third-order valence-electron chi connectivity index (χ3n) is 13.3. The Morgan fingerprint density at radius 2 is 0.561 bits per heavy atom. The Morgan fingerprint density at radius 1 is 0.348 bits per heavy atom. The quantitative estimate of drug-likeness (QED) is 0.0298. The second-order valence-electron chi connectivity index (χ2n) is 19.8. The largest absolute Gasteiger partial charge is 0.480 e. The third-order valence-corrected chi connectivity index (χ3v) is 21.2. The van der Waals surface area contributed by atoms with Crippen molar-refractivity contribution in [2.75, 3.05) is 26.4 Å². The van der Waals surface area contributed by atoms with Gasteiger partial charge >= 0.3 is 5.97 Å². The molecule has 0 amide bonds. The molecular formula is C56H114O6S4. The molecule has 0 saturated heterocycles. The van der Waals surface area contributed by atoms with Crippen LogP contribution in [0.1, 0.15) is 287 Å². The molecule has 10 heteroatoms. The maximum absolute atomic E-state index is 14.8. The van der Waals surface area contributed by atoms with Crippen LogP contribution in [0.5, 0.6) is 0 Å². The number of unbranched alkanes of at least 4 members (excludes halogenated alkanes) is 20. The average Bonchev–Trinajstić information content (AvgIpc) is 3.32. The Bertz CT molecular complexity index is 930. The Kier molecular flexibility index (Phi) is 51.4. The van der Waals surface area contributed by atoms with E-state index in [1.54, 1.807) is 0 Å². The van der Waals surface area contributed by atoms with Crippen LogP contribution < -0.4 is 0 Å². The summed E-state index contributed by atoms with van der Waals surface area (Å²) in [6, 6.07) is 0. The van der Waals surface area contributed by atoms with Crippen molar-refractivity contribution >= 4 is 53.0 Å². The second kappa shape index (κ2) is 49.3. The highest BCUT2D eigenvalue weighted by Crippen LogP contribution is 2.57. The first-order valence-corrected chi connectivity index (χ1v) is 32.0. The number of aliphatic hydroxyl groups excluding tert-OH is 4. The van der Waals surface area contributed by atoms with Gasteiger partial charge in [-0.2, -0.15) is 0 Å². The molecule has 0 bridgehead atoms. The molecular weight excluding hydrogens is 897 g/mol. The monoisotopic (exact) mass is 1010 g/mol. The fourth-order valence-corrected chi connectivity index (χ4v) is 17.1. The van der Waals surface area contributed by atoms with Gasteiger partial charge in [0.15, 0.2) is 4.08 Å². The summed E-state index contributed by atoms with van der Waals surface area (Å²) < 4.78 is -0.772. The van der Waals surface area contributed by atoms with Crippen LogP contribution in [0.4, 0.5) is 0 Å². The molecule has 4 unspecified atom stereocenters. The zero-order valence-corrected chi connectivity index (χ0v) is 48.2. The Hall–Kier alpha value is 0.710. The van der Waals surface area contributed by atoms with Crippen molar-refractivity contribution in [3.63, 3.8) is 0 Å². The summed E-state index contributed by atoms with van der Waals surface area (Å²) >= 11 is 8.38. The highest BCUT2D eigenvalue weighted by atomic mass is 32.2. The van der Waals surface area contributed by atoms with Crippen LogP contribution >= 0.6 is 47.0 Å². The molecule has 6 nitrogen and oxygen atoms in total. The van der Waals surface area contributed by atoms with Gasteiger partial charge in [-0.1, -0.05) is 235 Å². The van der Waals surface area contributed by atoms with Gasteiger partial charge in [0, 0.05) is 21.0 Å². The van der Waals surface area contributed by atoms with Crippen molar-refractivity contribution in [2.24, 2.45) is 5.41 Å². The number of rotatable bonds is 50. The number of aliphatic carboxylic acids is 1. The topological polar surface area (TPSA) is 118 Å². The van der Waals surface area contributed by atoms with Crippen LogP contribution in [-0.4, -0.2) is 87.6 Å². The minimum Gasteiger partial charge on any atom is -0.480 e. The maximum Gasteiger partial charge on any atom is 0.332 e. The van der Waals surface area contributed by atoms with Gasteiger partial charge in [-0.05, 0) is 51.4 Å². The fraction of sp³-hybridized carbons (Fsp3) is 0.982. The predicted octanol–water partition coefficient (Wildman–Crippen LogP) is 17.6. The van der Waals surface area contributed by atoms with E-state index in [-0.39, 0.29) is 4.58 Å². The van der Waals surface area contributed by atoms with Crippen LogP contribution in [0.15, 0.2) is 0 Å². The first-order valence-electron chi connectivity index (χ1n) is 28.4. The van der Waals surface area contributed by atoms with E-state index in [4.69, 9.17) is 20.4 Å². The van der Waals surface area contributed by atoms with E-state index >= 15 is 0 Å². The van der Waals surface area contributed by atoms with E-state index in [1.807, 2.05) is 23.5 Å². The second-order valence-corrected chi connectivity index (χ2v) is 26.3. The Labute approximate surface area is 428 Å². The lowest BCUT2D eigenvalue weighted by Crippen LogP contribution is -2.45. The van der Waals surface area contributed by atoms with Crippen molar-refractivity contribution in [2.45, 2.75) is 316 Å². The zero-order valence-electron chi connectivity index (χ0n) is 44.9. The van der Waals surface area contributed by atoms with E-state index < -0.39 is 41.9 Å². The summed E-state index contributed by atoms with van der Waals surface area (Å²) in [5.74, 6) is -0.498. The molecule has 0 aromatic carbocycles. The minimum atomic E-state index is -1.11. The van der Waals surface area contributed by atoms with E-state index in [1.165, 1.54) is 231 Å². The number of aliphatic hydroxyl groups is 4. The highest BCUT2D eigenvalue weighted by Gasteiger charge is 2.52. The van der Waals surface area contributed by atoms with Crippen LogP contribution in [-0.2, 0) is 4.79 Å². The van der Waals surface area contributed by atoms with Crippen LogP contribution in [0.3, 0.4) is 0 Å². The molecule has 4 atom stereocenters. The first kappa shape index (κ1) is 68.8. The summed E-state index contributed by atoms with van der Waals surface area (Å²) in [6.07, 6.45) is 45.4. The zero-order chi connectivity index (χ0) is 49.6. The molecule has 0 aromatic rings. The number of hydrogen-bond acceptors (Lipinski definition) is 9. The molecule has 0 radical (unpaired) electrons. The lowest BCUT2D eigenvalue weighted by molar-refractivity contribution is -0.137.